The molecule has 0 saturated carbocycles. The number of phenols is 2. The van der Waals surface area contributed by atoms with Crippen LogP contribution in [0.2, 0.25) is 0 Å². The van der Waals surface area contributed by atoms with Crippen molar-refractivity contribution < 1.29 is 10.2 Å². The molecule has 0 unspecified atom stereocenters. The highest BCUT2D eigenvalue weighted by Crippen LogP contribution is 2.52. The molecule has 38 heavy (non-hydrogen) atoms. The third-order valence-corrected chi connectivity index (χ3v) is 8.56. The molecule has 2 heteroatoms. The molecule has 0 spiro atoms. The van der Waals surface area contributed by atoms with Crippen LogP contribution < -0.4 is 0 Å². The van der Waals surface area contributed by atoms with E-state index in [1.807, 2.05) is 0 Å². The molecule has 0 heterocycles. The van der Waals surface area contributed by atoms with Crippen molar-refractivity contribution in [3.05, 3.63) is 93.0 Å². The summed E-state index contributed by atoms with van der Waals surface area (Å²) >= 11 is 0. The second kappa shape index (κ2) is 9.66. The van der Waals surface area contributed by atoms with Crippen LogP contribution in [0.1, 0.15) is 70.2 Å². The highest BCUT2D eigenvalue weighted by atomic mass is 16.3. The Bertz CT molecular complexity index is 1410. The topological polar surface area (TPSA) is 40.5 Å². The molecule has 2 aliphatic rings. The lowest BCUT2D eigenvalue weighted by Crippen LogP contribution is -2.10. The fourth-order valence-electron chi connectivity index (χ4n) is 7.03. The molecule has 0 fully saturated rings. The Labute approximate surface area is 227 Å². The third-order valence-electron chi connectivity index (χ3n) is 8.56. The minimum Gasteiger partial charge on any atom is -0.507 e. The number of hydrogen-bond donors (Lipinski definition) is 2. The zero-order valence-corrected chi connectivity index (χ0v) is 23.2. The van der Waals surface area contributed by atoms with Gasteiger partial charge in [-0.1, -0.05) is 58.7 Å². The molecular formula is C36H38O2. The number of aromatic hydroxyl groups is 2. The quantitative estimate of drug-likeness (QED) is 0.293. The first-order chi connectivity index (χ1) is 18.3. The molecule has 4 aromatic carbocycles. The van der Waals surface area contributed by atoms with Gasteiger partial charge in [-0.05, 0) is 125 Å². The van der Waals surface area contributed by atoms with Crippen molar-refractivity contribution in [2.75, 3.05) is 0 Å². The van der Waals surface area contributed by atoms with Crippen LogP contribution in [0.3, 0.4) is 0 Å². The van der Waals surface area contributed by atoms with Crippen LogP contribution in [0.25, 0.3) is 33.4 Å². The van der Waals surface area contributed by atoms with Crippen molar-refractivity contribution in [2.24, 2.45) is 0 Å². The zero-order valence-electron chi connectivity index (χ0n) is 23.2. The van der Waals surface area contributed by atoms with E-state index in [4.69, 9.17) is 0 Å². The van der Waals surface area contributed by atoms with Crippen LogP contribution in [-0.2, 0) is 25.7 Å². The predicted octanol–water partition coefficient (Wildman–Crippen LogP) is 9.09. The fourth-order valence-corrected chi connectivity index (χ4v) is 7.03. The molecule has 0 radical (unpaired) electrons. The Morgan fingerprint density at radius 2 is 0.789 bits per heavy atom. The first-order valence-electron chi connectivity index (χ1n) is 14.2. The van der Waals surface area contributed by atoms with Crippen molar-refractivity contribution in [1.29, 1.82) is 0 Å². The normalized spacial score (nSPS) is 14.7. The van der Waals surface area contributed by atoms with E-state index in [9.17, 15) is 10.2 Å². The summed E-state index contributed by atoms with van der Waals surface area (Å²) in [5.74, 6) is 0.632. The van der Waals surface area contributed by atoms with Gasteiger partial charge in [-0.25, -0.2) is 0 Å². The van der Waals surface area contributed by atoms with Gasteiger partial charge in [0.1, 0.15) is 11.5 Å². The van der Waals surface area contributed by atoms with Gasteiger partial charge in [-0.15, -0.1) is 0 Å². The van der Waals surface area contributed by atoms with E-state index in [-0.39, 0.29) is 0 Å². The SMILES string of the molecule is Cc1cc(C)cc(-c2cc3c(c(-c4c(O)c(-c5cc(C)cc(C)c5)cc5c4CCCC5)c2O)CCCC3)c1. The molecule has 0 amide bonds. The Morgan fingerprint density at radius 3 is 1.16 bits per heavy atom. The Kier molecular flexibility index (Phi) is 6.30. The van der Waals surface area contributed by atoms with Crippen LogP contribution >= 0.6 is 0 Å². The summed E-state index contributed by atoms with van der Waals surface area (Å²) < 4.78 is 0. The first kappa shape index (κ1) is 24.8. The van der Waals surface area contributed by atoms with E-state index in [0.29, 0.717) is 11.5 Å². The number of fused-ring (bicyclic) bond motifs is 2. The molecule has 0 saturated heterocycles. The number of phenolic OH excluding ortho intramolecular Hbond substituents is 2. The van der Waals surface area contributed by atoms with Crippen molar-refractivity contribution in [1.82, 2.24) is 0 Å². The van der Waals surface area contributed by atoms with Gasteiger partial charge in [0.2, 0.25) is 0 Å². The second-order valence-corrected chi connectivity index (χ2v) is 11.7. The van der Waals surface area contributed by atoms with Crippen molar-refractivity contribution in [3.8, 4) is 44.9 Å². The lowest BCUT2D eigenvalue weighted by Gasteiger charge is -2.28. The van der Waals surface area contributed by atoms with Gasteiger partial charge in [0.15, 0.2) is 0 Å². The number of aryl methyl sites for hydroxylation is 6. The maximum atomic E-state index is 12.1. The smallest absolute Gasteiger partial charge is 0.131 e. The molecule has 4 aromatic rings. The molecule has 0 bridgehead atoms. The van der Waals surface area contributed by atoms with E-state index < -0.39 is 0 Å². The summed E-state index contributed by atoms with van der Waals surface area (Å²) in [5, 5.41) is 24.2. The van der Waals surface area contributed by atoms with E-state index in [1.165, 1.54) is 44.5 Å². The van der Waals surface area contributed by atoms with Gasteiger partial charge in [-0.2, -0.15) is 0 Å². The highest BCUT2D eigenvalue weighted by molar-refractivity contribution is 5.93. The maximum Gasteiger partial charge on any atom is 0.131 e. The fraction of sp³-hybridized carbons (Fsp3) is 0.333. The summed E-state index contributed by atoms with van der Waals surface area (Å²) in [6.07, 6.45) is 8.46. The monoisotopic (exact) mass is 502 g/mol. The predicted molar refractivity (Wildman–Crippen MR) is 158 cm³/mol. The van der Waals surface area contributed by atoms with Crippen LogP contribution in [0, 0.1) is 27.7 Å². The minimum atomic E-state index is 0.316. The molecular weight excluding hydrogens is 464 g/mol. The van der Waals surface area contributed by atoms with Gasteiger partial charge in [0, 0.05) is 22.3 Å². The van der Waals surface area contributed by atoms with E-state index in [2.05, 4.69) is 76.2 Å². The highest BCUT2D eigenvalue weighted by Gasteiger charge is 2.29. The summed E-state index contributed by atoms with van der Waals surface area (Å²) in [5.41, 5.74) is 15.5. The molecule has 0 aromatic heterocycles. The third kappa shape index (κ3) is 4.30. The van der Waals surface area contributed by atoms with Crippen molar-refractivity contribution in [3.63, 3.8) is 0 Å². The molecule has 0 aliphatic heterocycles. The summed E-state index contributed by atoms with van der Waals surface area (Å²) in [6, 6.07) is 17.5. The van der Waals surface area contributed by atoms with Crippen LogP contribution in [-0.4, -0.2) is 10.2 Å². The Hall–Kier alpha value is -3.52. The number of benzene rings is 4. The molecule has 6 rings (SSSR count). The second-order valence-electron chi connectivity index (χ2n) is 11.7. The average molecular weight is 503 g/mol. The van der Waals surface area contributed by atoms with E-state index in [1.54, 1.807) is 0 Å². The lowest BCUT2D eigenvalue weighted by atomic mass is 9.77. The maximum absolute atomic E-state index is 12.1. The van der Waals surface area contributed by atoms with Gasteiger partial charge in [-0.3, -0.25) is 0 Å². The van der Waals surface area contributed by atoms with Crippen molar-refractivity contribution >= 4 is 0 Å². The lowest BCUT2D eigenvalue weighted by molar-refractivity contribution is 0.468. The van der Waals surface area contributed by atoms with Crippen molar-refractivity contribution in [2.45, 2.75) is 79.1 Å². The molecule has 2 N–H and O–H groups in total. The van der Waals surface area contributed by atoms with E-state index in [0.717, 1.165) is 84.7 Å². The van der Waals surface area contributed by atoms with Gasteiger partial charge < -0.3 is 10.2 Å². The summed E-state index contributed by atoms with van der Waals surface area (Å²) in [4.78, 5) is 0. The zero-order chi connectivity index (χ0) is 26.6. The average Bonchev–Trinajstić information content (AvgIpc) is 2.87. The summed E-state index contributed by atoms with van der Waals surface area (Å²) in [6.45, 7) is 8.45. The van der Waals surface area contributed by atoms with Gasteiger partial charge in [0.25, 0.3) is 0 Å². The first-order valence-corrected chi connectivity index (χ1v) is 14.2. The molecule has 2 nitrogen and oxygen atoms in total. The molecule has 194 valence electrons. The molecule has 2 aliphatic carbocycles. The Balaban J connectivity index is 1.69. The summed E-state index contributed by atoms with van der Waals surface area (Å²) in [7, 11) is 0. The van der Waals surface area contributed by atoms with Crippen LogP contribution in [0.4, 0.5) is 0 Å². The van der Waals surface area contributed by atoms with Crippen LogP contribution in [0.15, 0.2) is 48.5 Å². The Morgan fingerprint density at radius 1 is 0.447 bits per heavy atom. The van der Waals surface area contributed by atoms with E-state index >= 15 is 0 Å². The van der Waals surface area contributed by atoms with Gasteiger partial charge in [0.05, 0.1) is 0 Å². The molecule has 0 atom stereocenters. The largest absolute Gasteiger partial charge is 0.507 e. The number of hydrogen-bond acceptors (Lipinski definition) is 2. The van der Waals surface area contributed by atoms with Crippen LogP contribution in [0.5, 0.6) is 11.5 Å². The number of rotatable bonds is 3. The van der Waals surface area contributed by atoms with Gasteiger partial charge >= 0.3 is 0 Å². The minimum absolute atomic E-state index is 0.316. The standard InChI is InChI=1S/C36H38O2/c1-21-13-22(2)16-27(15-21)31-19-25-9-5-7-11-29(25)33(35(31)37)34-30-12-8-6-10-26(30)20-32(36(34)38)28-17-23(3)14-24(4)18-28/h13-20,37-38H,5-12H2,1-4H3.